The summed E-state index contributed by atoms with van der Waals surface area (Å²) < 4.78 is 0. The Morgan fingerprint density at radius 2 is 2.05 bits per heavy atom. The van der Waals surface area contributed by atoms with Crippen LogP contribution in [0.2, 0.25) is 0 Å². The summed E-state index contributed by atoms with van der Waals surface area (Å²) in [5.41, 5.74) is 2.48. The molecule has 2 aromatic rings. The number of nitrogens with one attached hydrogen (secondary N) is 2. The summed E-state index contributed by atoms with van der Waals surface area (Å²) in [5, 5.41) is 14.1. The van der Waals surface area contributed by atoms with Crippen molar-refractivity contribution in [1.82, 2.24) is 10.3 Å². The highest BCUT2D eigenvalue weighted by Crippen LogP contribution is 2.19. The van der Waals surface area contributed by atoms with Gasteiger partial charge in [-0.1, -0.05) is 32.0 Å². The van der Waals surface area contributed by atoms with E-state index < -0.39 is 0 Å². The topological polar surface area (TPSA) is 48.0 Å². The highest BCUT2D eigenvalue weighted by Gasteiger charge is 2.17. The fourth-order valence-electron chi connectivity index (χ4n) is 2.21. The average Bonchev–Trinajstić information content (AvgIpc) is 2.80. The van der Waals surface area contributed by atoms with Crippen LogP contribution < -0.4 is 5.32 Å². The van der Waals surface area contributed by atoms with E-state index in [-0.39, 0.29) is 12.0 Å². The van der Waals surface area contributed by atoms with Crippen LogP contribution in [0.3, 0.4) is 0 Å². The average molecular weight is 260 g/mol. The molecule has 104 valence electrons. The number of aliphatic hydroxyl groups excluding tert-OH is 1. The van der Waals surface area contributed by atoms with Crippen molar-refractivity contribution in [2.45, 2.75) is 33.2 Å². The van der Waals surface area contributed by atoms with Gasteiger partial charge in [0.1, 0.15) is 0 Å². The first kappa shape index (κ1) is 14.1. The highest BCUT2D eigenvalue weighted by atomic mass is 16.3. The number of para-hydroxylation sites is 1. The lowest BCUT2D eigenvalue weighted by atomic mass is 9.94. The summed E-state index contributed by atoms with van der Waals surface area (Å²) in [4.78, 5) is 3.31. The molecule has 0 radical (unpaired) electrons. The summed E-state index contributed by atoms with van der Waals surface area (Å²) in [6, 6.07) is 8.78. The molecule has 3 heteroatoms. The maximum atomic E-state index is 9.26. The minimum Gasteiger partial charge on any atom is -0.396 e. The Hall–Kier alpha value is -1.32. The molecule has 1 aromatic carbocycles. The minimum absolute atomic E-state index is 0.0610. The lowest BCUT2D eigenvalue weighted by molar-refractivity contribution is 0.154. The van der Waals surface area contributed by atoms with Crippen LogP contribution in [-0.2, 0) is 6.42 Å². The molecule has 0 unspecified atom stereocenters. The number of rotatable bonds is 6. The summed E-state index contributed by atoms with van der Waals surface area (Å²) >= 11 is 0. The van der Waals surface area contributed by atoms with Gasteiger partial charge in [0.05, 0.1) is 0 Å². The number of hydrogen-bond donors (Lipinski definition) is 3. The van der Waals surface area contributed by atoms with Gasteiger partial charge in [-0.25, -0.2) is 0 Å². The van der Waals surface area contributed by atoms with Gasteiger partial charge in [-0.3, -0.25) is 0 Å². The first-order valence-electron chi connectivity index (χ1n) is 6.91. The Balaban J connectivity index is 1.97. The Morgan fingerprint density at radius 3 is 2.79 bits per heavy atom. The predicted molar refractivity (Wildman–Crippen MR) is 80.3 cm³/mol. The van der Waals surface area contributed by atoms with Crippen molar-refractivity contribution in [3.63, 3.8) is 0 Å². The second kappa shape index (κ2) is 5.76. The van der Waals surface area contributed by atoms with Crippen LogP contribution in [0.4, 0.5) is 0 Å². The van der Waals surface area contributed by atoms with Gasteiger partial charge in [0.15, 0.2) is 0 Å². The van der Waals surface area contributed by atoms with Crippen LogP contribution in [0.5, 0.6) is 0 Å². The minimum atomic E-state index is -0.0610. The third-order valence-electron chi connectivity index (χ3n) is 3.56. The smallest absolute Gasteiger partial charge is 0.0494 e. The van der Waals surface area contributed by atoms with E-state index in [0.29, 0.717) is 6.04 Å². The monoisotopic (exact) mass is 260 g/mol. The van der Waals surface area contributed by atoms with E-state index >= 15 is 0 Å². The Labute approximate surface area is 115 Å². The molecule has 3 nitrogen and oxygen atoms in total. The van der Waals surface area contributed by atoms with E-state index in [1.807, 2.05) is 6.07 Å². The summed E-state index contributed by atoms with van der Waals surface area (Å²) in [6.45, 7) is 7.36. The van der Waals surface area contributed by atoms with Gasteiger partial charge in [0, 0.05) is 41.7 Å². The molecule has 0 aliphatic carbocycles. The summed E-state index contributed by atoms with van der Waals surface area (Å²) in [7, 11) is 0. The molecule has 0 aliphatic rings. The van der Waals surface area contributed by atoms with Gasteiger partial charge in [-0.2, -0.15) is 0 Å². The molecule has 0 saturated carbocycles. The Morgan fingerprint density at radius 1 is 1.32 bits per heavy atom. The van der Waals surface area contributed by atoms with Crippen LogP contribution in [0.15, 0.2) is 30.5 Å². The molecule has 0 spiro atoms. The molecule has 1 atom stereocenters. The molecular formula is C16H24N2O. The normalized spacial score (nSPS) is 13.9. The quantitative estimate of drug-likeness (QED) is 0.748. The number of aromatic amines is 1. The molecule has 0 saturated heterocycles. The van der Waals surface area contributed by atoms with Crippen LogP contribution in [0.1, 0.15) is 26.3 Å². The second-order valence-electron chi connectivity index (χ2n) is 6.17. The third kappa shape index (κ3) is 3.58. The van der Waals surface area contributed by atoms with Crippen molar-refractivity contribution in [2.24, 2.45) is 5.41 Å². The lowest BCUT2D eigenvalue weighted by Gasteiger charge is -2.24. The molecule has 0 amide bonds. The molecule has 0 aliphatic heterocycles. The van der Waals surface area contributed by atoms with Crippen molar-refractivity contribution < 1.29 is 5.11 Å². The highest BCUT2D eigenvalue weighted by molar-refractivity contribution is 5.83. The molecule has 0 bridgehead atoms. The molecule has 19 heavy (non-hydrogen) atoms. The third-order valence-corrected chi connectivity index (χ3v) is 3.56. The number of H-pyrrole nitrogens is 1. The van der Waals surface area contributed by atoms with Crippen molar-refractivity contribution >= 4 is 10.9 Å². The van der Waals surface area contributed by atoms with Gasteiger partial charge in [-0.15, -0.1) is 0 Å². The van der Waals surface area contributed by atoms with Crippen molar-refractivity contribution in [3.8, 4) is 0 Å². The fourth-order valence-corrected chi connectivity index (χ4v) is 2.21. The summed E-state index contributed by atoms with van der Waals surface area (Å²) in [5.74, 6) is 0. The first-order valence-corrected chi connectivity index (χ1v) is 6.91. The zero-order valence-electron chi connectivity index (χ0n) is 12.0. The van der Waals surface area contributed by atoms with E-state index in [2.05, 4.69) is 55.5 Å². The van der Waals surface area contributed by atoms with Gasteiger partial charge in [-0.05, 0) is 25.0 Å². The van der Waals surface area contributed by atoms with Crippen molar-refractivity contribution in [1.29, 1.82) is 0 Å². The Bertz CT molecular complexity index is 530. The van der Waals surface area contributed by atoms with Gasteiger partial charge < -0.3 is 15.4 Å². The maximum Gasteiger partial charge on any atom is 0.0494 e. The molecule has 0 fully saturated rings. The summed E-state index contributed by atoms with van der Waals surface area (Å²) in [6.07, 6.45) is 3.09. The van der Waals surface area contributed by atoms with Crippen LogP contribution in [0, 0.1) is 5.41 Å². The molecule has 3 N–H and O–H groups in total. The molecule has 2 rings (SSSR count). The molecule has 1 aromatic heterocycles. The standard InChI is InChI=1S/C16H24N2O/c1-12(18-10-16(2,3)11-19)8-13-9-17-15-7-5-4-6-14(13)15/h4-7,9,12,17-19H,8,10-11H2,1-3H3/t12-/m1/s1. The zero-order chi connectivity index (χ0) is 13.9. The fraction of sp³-hybridized carbons (Fsp3) is 0.500. The lowest BCUT2D eigenvalue weighted by Crippen LogP contribution is -2.38. The number of aromatic nitrogens is 1. The van der Waals surface area contributed by atoms with E-state index in [1.165, 1.54) is 16.5 Å². The van der Waals surface area contributed by atoms with Crippen LogP contribution in [0.25, 0.3) is 10.9 Å². The first-order chi connectivity index (χ1) is 9.02. The van der Waals surface area contributed by atoms with E-state index in [4.69, 9.17) is 0 Å². The number of benzene rings is 1. The molecular weight excluding hydrogens is 236 g/mol. The Kier molecular flexibility index (Phi) is 4.27. The van der Waals surface area contributed by atoms with Gasteiger partial charge in [0.2, 0.25) is 0 Å². The van der Waals surface area contributed by atoms with Crippen molar-refractivity contribution in [3.05, 3.63) is 36.0 Å². The number of aliphatic hydroxyl groups is 1. The predicted octanol–water partition coefficient (Wildman–Crippen LogP) is 2.71. The van der Waals surface area contributed by atoms with E-state index in [1.54, 1.807) is 0 Å². The second-order valence-corrected chi connectivity index (χ2v) is 6.17. The van der Waals surface area contributed by atoms with Crippen LogP contribution >= 0.6 is 0 Å². The zero-order valence-corrected chi connectivity index (χ0v) is 12.0. The SMILES string of the molecule is C[C@H](Cc1c[nH]c2ccccc12)NCC(C)(C)CO. The maximum absolute atomic E-state index is 9.26. The number of fused-ring (bicyclic) bond motifs is 1. The van der Waals surface area contributed by atoms with Crippen LogP contribution in [-0.4, -0.2) is 29.3 Å². The van der Waals surface area contributed by atoms with Crippen molar-refractivity contribution in [2.75, 3.05) is 13.2 Å². The molecule has 1 heterocycles. The number of hydrogen-bond acceptors (Lipinski definition) is 2. The van der Waals surface area contributed by atoms with E-state index in [0.717, 1.165) is 13.0 Å². The van der Waals surface area contributed by atoms with Gasteiger partial charge in [0.25, 0.3) is 0 Å². The van der Waals surface area contributed by atoms with Gasteiger partial charge >= 0.3 is 0 Å². The largest absolute Gasteiger partial charge is 0.396 e. The van der Waals surface area contributed by atoms with E-state index in [9.17, 15) is 5.11 Å².